The highest BCUT2D eigenvalue weighted by Gasteiger charge is 2.18. The molecule has 0 saturated heterocycles. The maximum absolute atomic E-state index is 3.29. The zero-order valence-corrected chi connectivity index (χ0v) is 6.31. The SMILES string of the molecule is CC1=[C]C2=CCN(C)C2=C1. The van der Waals surface area contributed by atoms with Gasteiger partial charge in [0.2, 0.25) is 0 Å². The van der Waals surface area contributed by atoms with Crippen LogP contribution in [0.25, 0.3) is 0 Å². The summed E-state index contributed by atoms with van der Waals surface area (Å²) in [6.07, 6.45) is 7.68. The molecule has 1 radical (unpaired) electrons. The zero-order valence-electron chi connectivity index (χ0n) is 6.31. The van der Waals surface area contributed by atoms with Gasteiger partial charge in [0, 0.05) is 24.9 Å². The number of hydrogen-bond acceptors (Lipinski definition) is 1. The van der Waals surface area contributed by atoms with E-state index in [0.717, 1.165) is 6.54 Å². The van der Waals surface area contributed by atoms with Gasteiger partial charge < -0.3 is 4.90 Å². The molecule has 0 bridgehead atoms. The Morgan fingerprint density at radius 3 is 3.10 bits per heavy atom. The average Bonchev–Trinajstić information content (AvgIpc) is 2.35. The second-order valence-corrected chi connectivity index (χ2v) is 2.84. The monoisotopic (exact) mass is 132 g/mol. The summed E-state index contributed by atoms with van der Waals surface area (Å²) >= 11 is 0. The standard InChI is InChI=1S/C9H10N/c1-7-5-8-3-4-10(2)9(8)6-7/h3,6H,4H2,1-2H3. The maximum Gasteiger partial charge on any atom is 0.0446 e. The Kier molecular flexibility index (Phi) is 1.01. The fourth-order valence-corrected chi connectivity index (χ4v) is 1.39. The third-order valence-corrected chi connectivity index (χ3v) is 1.94. The molecule has 0 saturated carbocycles. The van der Waals surface area contributed by atoms with E-state index in [1.807, 2.05) is 0 Å². The maximum atomic E-state index is 3.29. The van der Waals surface area contributed by atoms with Gasteiger partial charge >= 0.3 is 0 Å². The van der Waals surface area contributed by atoms with Crippen LogP contribution in [0.4, 0.5) is 0 Å². The van der Waals surface area contributed by atoms with Crippen molar-refractivity contribution in [3.63, 3.8) is 0 Å². The fraction of sp³-hybridized carbons (Fsp3) is 0.333. The van der Waals surface area contributed by atoms with Gasteiger partial charge in [0.25, 0.3) is 0 Å². The first-order valence-corrected chi connectivity index (χ1v) is 3.51. The van der Waals surface area contributed by atoms with Crippen LogP contribution in [0.2, 0.25) is 0 Å². The Bertz CT molecular complexity index is 256. The summed E-state index contributed by atoms with van der Waals surface area (Å²) in [6.45, 7) is 3.13. The van der Waals surface area contributed by atoms with Crippen molar-refractivity contribution >= 4 is 0 Å². The average molecular weight is 132 g/mol. The van der Waals surface area contributed by atoms with Gasteiger partial charge in [0.1, 0.15) is 0 Å². The van der Waals surface area contributed by atoms with Crippen LogP contribution < -0.4 is 0 Å². The van der Waals surface area contributed by atoms with Crippen molar-refractivity contribution in [1.82, 2.24) is 4.90 Å². The summed E-state index contributed by atoms with van der Waals surface area (Å²) < 4.78 is 0. The highest BCUT2D eigenvalue weighted by molar-refractivity contribution is 5.50. The molecule has 10 heavy (non-hydrogen) atoms. The molecule has 0 amide bonds. The lowest BCUT2D eigenvalue weighted by Gasteiger charge is -2.11. The van der Waals surface area contributed by atoms with Crippen molar-refractivity contribution < 1.29 is 0 Å². The molecule has 1 heteroatoms. The number of rotatable bonds is 0. The van der Waals surface area contributed by atoms with Crippen molar-refractivity contribution in [3.8, 4) is 0 Å². The van der Waals surface area contributed by atoms with Gasteiger partial charge in [-0.15, -0.1) is 0 Å². The summed E-state index contributed by atoms with van der Waals surface area (Å²) in [5.41, 5.74) is 3.85. The highest BCUT2D eigenvalue weighted by atomic mass is 15.1. The van der Waals surface area contributed by atoms with Crippen molar-refractivity contribution in [3.05, 3.63) is 35.1 Å². The van der Waals surface area contributed by atoms with Crippen LogP contribution in [0.5, 0.6) is 0 Å². The van der Waals surface area contributed by atoms with Crippen molar-refractivity contribution in [2.75, 3.05) is 13.6 Å². The predicted molar refractivity (Wildman–Crippen MR) is 41.2 cm³/mol. The van der Waals surface area contributed by atoms with Crippen LogP contribution in [-0.2, 0) is 0 Å². The van der Waals surface area contributed by atoms with Crippen molar-refractivity contribution in [2.45, 2.75) is 6.92 Å². The number of nitrogens with zero attached hydrogens (tertiary/aromatic N) is 1. The molecule has 1 aliphatic heterocycles. The van der Waals surface area contributed by atoms with Gasteiger partial charge in [-0.05, 0) is 24.6 Å². The molecule has 0 atom stereocenters. The topological polar surface area (TPSA) is 3.24 Å². The number of likely N-dealkylation sites (N-methyl/N-ethyl adjacent to an activating group) is 1. The van der Waals surface area contributed by atoms with Crippen molar-refractivity contribution in [2.24, 2.45) is 0 Å². The molecular formula is C9H10N. The van der Waals surface area contributed by atoms with Crippen LogP contribution >= 0.6 is 0 Å². The first kappa shape index (κ1) is 5.78. The lowest BCUT2D eigenvalue weighted by atomic mass is 10.3. The summed E-state index contributed by atoms with van der Waals surface area (Å²) in [5.74, 6) is 0. The van der Waals surface area contributed by atoms with Gasteiger partial charge in [-0.3, -0.25) is 0 Å². The Morgan fingerprint density at radius 2 is 2.40 bits per heavy atom. The summed E-state index contributed by atoms with van der Waals surface area (Å²) in [6, 6.07) is 0. The molecule has 1 aliphatic carbocycles. The number of allylic oxidation sites excluding steroid dienone is 3. The van der Waals surface area contributed by atoms with Gasteiger partial charge in [0.05, 0.1) is 0 Å². The van der Waals surface area contributed by atoms with E-state index in [9.17, 15) is 0 Å². The Morgan fingerprint density at radius 1 is 1.60 bits per heavy atom. The molecule has 0 fully saturated rings. The third-order valence-electron chi connectivity index (χ3n) is 1.94. The van der Waals surface area contributed by atoms with Gasteiger partial charge in [-0.1, -0.05) is 6.08 Å². The predicted octanol–water partition coefficient (Wildman–Crippen LogP) is 1.51. The smallest absolute Gasteiger partial charge is 0.0446 e. The van der Waals surface area contributed by atoms with E-state index in [2.05, 4.69) is 37.1 Å². The molecule has 1 nitrogen and oxygen atoms in total. The molecule has 0 unspecified atom stereocenters. The minimum atomic E-state index is 1.04. The van der Waals surface area contributed by atoms with E-state index >= 15 is 0 Å². The van der Waals surface area contributed by atoms with E-state index < -0.39 is 0 Å². The minimum Gasteiger partial charge on any atom is -0.370 e. The molecule has 0 N–H and O–H groups in total. The molecule has 1 heterocycles. The van der Waals surface area contributed by atoms with E-state index in [1.165, 1.54) is 16.8 Å². The second kappa shape index (κ2) is 1.75. The van der Waals surface area contributed by atoms with Crippen LogP contribution in [0.15, 0.2) is 29.0 Å². The molecule has 2 rings (SSSR count). The van der Waals surface area contributed by atoms with E-state index in [4.69, 9.17) is 0 Å². The third kappa shape index (κ3) is 0.635. The quantitative estimate of drug-likeness (QED) is 0.483. The Hall–Kier alpha value is -0.980. The van der Waals surface area contributed by atoms with Crippen LogP contribution in [0.1, 0.15) is 6.92 Å². The number of fused-ring (bicyclic) bond motifs is 1. The lowest BCUT2D eigenvalue weighted by molar-refractivity contribution is 0.499. The van der Waals surface area contributed by atoms with Crippen LogP contribution in [-0.4, -0.2) is 18.5 Å². The highest BCUT2D eigenvalue weighted by Crippen LogP contribution is 2.28. The molecule has 0 aromatic heterocycles. The minimum absolute atomic E-state index is 1.04. The van der Waals surface area contributed by atoms with Crippen LogP contribution in [0, 0.1) is 6.08 Å². The Labute approximate surface area is 61.3 Å². The first-order chi connectivity index (χ1) is 4.77. The fourth-order valence-electron chi connectivity index (χ4n) is 1.39. The molecule has 0 spiro atoms. The van der Waals surface area contributed by atoms with Gasteiger partial charge in [0.15, 0.2) is 0 Å². The molecule has 51 valence electrons. The molecule has 2 aliphatic rings. The molecule has 0 aromatic rings. The lowest BCUT2D eigenvalue weighted by Crippen LogP contribution is -2.10. The van der Waals surface area contributed by atoms with E-state index in [-0.39, 0.29) is 0 Å². The van der Waals surface area contributed by atoms with E-state index in [1.54, 1.807) is 0 Å². The van der Waals surface area contributed by atoms with Gasteiger partial charge in [-0.2, -0.15) is 0 Å². The normalized spacial score (nSPS) is 22.2. The second-order valence-electron chi connectivity index (χ2n) is 2.84. The largest absolute Gasteiger partial charge is 0.370 e. The number of hydrogen-bond donors (Lipinski definition) is 0. The molecular weight excluding hydrogens is 122 g/mol. The van der Waals surface area contributed by atoms with Crippen molar-refractivity contribution in [1.29, 1.82) is 0 Å². The van der Waals surface area contributed by atoms with Gasteiger partial charge in [-0.25, -0.2) is 0 Å². The summed E-state index contributed by atoms with van der Waals surface area (Å²) in [5, 5.41) is 0. The Balaban J connectivity index is 2.42. The first-order valence-electron chi connectivity index (χ1n) is 3.51. The summed E-state index contributed by atoms with van der Waals surface area (Å²) in [7, 11) is 2.11. The summed E-state index contributed by atoms with van der Waals surface area (Å²) in [4.78, 5) is 2.23. The van der Waals surface area contributed by atoms with E-state index in [0.29, 0.717) is 0 Å². The zero-order chi connectivity index (χ0) is 7.14. The molecule has 0 aromatic carbocycles. The van der Waals surface area contributed by atoms with Crippen LogP contribution in [0.3, 0.4) is 0 Å².